The first-order valence-corrected chi connectivity index (χ1v) is 17.5. The maximum atomic E-state index is 12.5. The van der Waals surface area contributed by atoms with Gasteiger partial charge in [0, 0.05) is 11.6 Å². The Balaban J connectivity index is 1.19. The number of halogens is 1. The first-order chi connectivity index (χ1) is 18.9. The van der Waals surface area contributed by atoms with E-state index in [-0.39, 0.29) is 11.0 Å². The molecule has 0 saturated heterocycles. The third-order valence-electron chi connectivity index (χ3n) is 12.3. The van der Waals surface area contributed by atoms with Gasteiger partial charge in [-0.05, 0) is 128 Å². The van der Waals surface area contributed by atoms with E-state index >= 15 is 0 Å². The molecule has 40 heavy (non-hydrogen) atoms. The van der Waals surface area contributed by atoms with Gasteiger partial charge in [0.05, 0.1) is 11.0 Å². The fourth-order valence-electron chi connectivity index (χ4n) is 10.4. The summed E-state index contributed by atoms with van der Waals surface area (Å²) in [6, 6.07) is 5.20. The molecule has 4 aliphatic carbocycles. The number of nitrogens with one attached hydrogen (secondary N) is 2. The van der Waals surface area contributed by atoms with E-state index in [9.17, 15) is 18.3 Å². The second kappa shape index (κ2) is 11.4. The summed E-state index contributed by atoms with van der Waals surface area (Å²) in [4.78, 5) is 12.4. The van der Waals surface area contributed by atoms with Crippen molar-refractivity contribution in [2.24, 2.45) is 52.3 Å². The summed E-state index contributed by atoms with van der Waals surface area (Å²) in [5.74, 6) is 4.81. The number of rotatable bonds is 7. The zero-order valence-corrected chi connectivity index (χ0v) is 26.2. The number of carbonyl (C=O) groups is 1. The van der Waals surface area contributed by atoms with Crippen LogP contribution in [0.4, 0.5) is 4.79 Å². The summed E-state index contributed by atoms with van der Waals surface area (Å²) < 4.78 is 27.2. The molecule has 4 saturated carbocycles. The van der Waals surface area contributed by atoms with Gasteiger partial charge in [0.2, 0.25) is 0 Å². The van der Waals surface area contributed by atoms with Crippen molar-refractivity contribution in [1.82, 2.24) is 10.0 Å². The molecule has 0 spiro atoms. The lowest BCUT2D eigenvalue weighted by Gasteiger charge is -2.63. The van der Waals surface area contributed by atoms with Gasteiger partial charge in [0.25, 0.3) is 10.0 Å². The van der Waals surface area contributed by atoms with E-state index in [2.05, 4.69) is 37.7 Å². The van der Waals surface area contributed by atoms with Crippen molar-refractivity contribution in [2.45, 2.75) is 103 Å². The average Bonchev–Trinajstić information content (AvgIpc) is 3.26. The lowest BCUT2D eigenvalue weighted by molar-refractivity contribution is -0.152. The lowest BCUT2D eigenvalue weighted by atomic mass is 9.42. The van der Waals surface area contributed by atoms with Gasteiger partial charge in [-0.25, -0.2) is 17.9 Å². The molecule has 0 unspecified atom stereocenters. The highest BCUT2D eigenvalue weighted by atomic mass is 35.5. The van der Waals surface area contributed by atoms with Crippen LogP contribution in [0.1, 0.15) is 91.9 Å². The van der Waals surface area contributed by atoms with E-state index in [1.165, 1.54) is 57.1 Å². The molecule has 4 aliphatic rings. The molecule has 0 bridgehead atoms. The first kappa shape index (κ1) is 30.2. The Kier molecular flexibility index (Phi) is 8.60. The van der Waals surface area contributed by atoms with Crippen molar-refractivity contribution in [1.29, 1.82) is 0 Å². The van der Waals surface area contributed by atoms with Crippen molar-refractivity contribution in [3.8, 4) is 0 Å². The quantitative estimate of drug-likeness (QED) is 0.317. The molecule has 1 aromatic carbocycles. The van der Waals surface area contributed by atoms with Crippen LogP contribution in [0.2, 0.25) is 5.02 Å². The predicted molar refractivity (Wildman–Crippen MR) is 159 cm³/mol. The Hall–Kier alpha value is -1.31. The summed E-state index contributed by atoms with van der Waals surface area (Å²) in [5, 5.41) is 13.6. The van der Waals surface area contributed by atoms with Crippen LogP contribution >= 0.6 is 11.6 Å². The molecule has 224 valence electrons. The highest BCUT2D eigenvalue weighted by molar-refractivity contribution is 7.90. The summed E-state index contributed by atoms with van der Waals surface area (Å²) in [7, 11) is -3.97. The molecule has 8 heteroatoms. The van der Waals surface area contributed by atoms with Gasteiger partial charge in [-0.1, -0.05) is 51.8 Å². The largest absolute Gasteiger partial charge is 0.393 e. The SMILES string of the molecule is CC[C@H]1C[C@@H]2[C@H](CC[C@]3(C)[C@@H]([C@H](C)CCNC(=O)NS(=O)(=O)c4cccc(Cl)c4)CC[C@@H]23)[C@@]2(C)CC[C@@H](O)C[C@@H]12. The van der Waals surface area contributed by atoms with E-state index in [1.54, 1.807) is 12.1 Å². The normalized spacial score (nSPS) is 39.9. The molecule has 6 nitrogen and oxygen atoms in total. The molecule has 0 aromatic heterocycles. The molecule has 0 aliphatic heterocycles. The minimum Gasteiger partial charge on any atom is -0.393 e. The van der Waals surface area contributed by atoms with Gasteiger partial charge in [-0.3, -0.25) is 0 Å². The maximum Gasteiger partial charge on any atom is 0.328 e. The van der Waals surface area contributed by atoms with E-state index in [0.717, 1.165) is 42.9 Å². The number of carbonyl (C=O) groups excluding carboxylic acids is 1. The fraction of sp³-hybridized carbons (Fsp3) is 0.781. The Morgan fingerprint density at radius 1 is 1.07 bits per heavy atom. The standard InChI is InChI=1S/C32H49ClN2O4S/c1-5-21-17-25-27-10-9-26(31(27,3)15-12-28(25)32(4)14-11-23(36)19-29(21)32)20(2)13-16-34-30(37)35-40(38,39)24-8-6-7-22(33)18-24/h6-8,18,20-21,23,25-29,36H,5,9-17,19H2,1-4H3,(H2,34,35,37)/t20-,21+,23-,25+,26-,27+,28+,29+,31-,32-/m1/s1. The third kappa shape index (κ3) is 5.44. The molecular weight excluding hydrogens is 544 g/mol. The van der Waals surface area contributed by atoms with Crippen molar-refractivity contribution in [3.63, 3.8) is 0 Å². The summed E-state index contributed by atoms with van der Waals surface area (Å²) in [5.41, 5.74) is 0.699. The van der Waals surface area contributed by atoms with Gasteiger partial charge < -0.3 is 10.4 Å². The molecule has 2 amide bonds. The minimum atomic E-state index is -3.97. The Bertz CT molecular complexity index is 1190. The lowest BCUT2D eigenvalue weighted by Crippen LogP contribution is -2.56. The van der Waals surface area contributed by atoms with Gasteiger partial charge in [0.15, 0.2) is 0 Å². The van der Waals surface area contributed by atoms with Crippen LogP contribution in [0.25, 0.3) is 0 Å². The topological polar surface area (TPSA) is 95.5 Å². The van der Waals surface area contributed by atoms with Crippen LogP contribution in [-0.2, 0) is 10.0 Å². The molecule has 1 aromatic rings. The first-order valence-electron chi connectivity index (χ1n) is 15.6. The number of hydrogen-bond acceptors (Lipinski definition) is 4. The van der Waals surface area contributed by atoms with Crippen molar-refractivity contribution < 1.29 is 18.3 Å². The van der Waals surface area contributed by atoms with Crippen LogP contribution in [0.15, 0.2) is 29.2 Å². The minimum absolute atomic E-state index is 0.0262. The van der Waals surface area contributed by atoms with E-state index in [0.29, 0.717) is 40.2 Å². The Morgan fingerprint density at radius 2 is 1.80 bits per heavy atom. The number of urea groups is 1. The van der Waals surface area contributed by atoms with E-state index in [4.69, 9.17) is 11.6 Å². The van der Waals surface area contributed by atoms with Gasteiger partial charge in [-0.2, -0.15) is 0 Å². The van der Waals surface area contributed by atoms with Crippen molar-refractivity contribution in [2.75, 3.05) is 6.54 Å². The number of benzene rings is 1. The molecule has 4 fully saturated rings. The fourth-order valence-corrected chi connectivity index (χ4v) is 11.6. The number of sulfonamides is 1. The molecule has 10 atom stereocenters. The molecular formula is C32H49ClN2O4S. The van der Waals surface area contributed by atoms with Crippen LogP contribution in [0.3, 0.4) is 0 Å². The molecule has 5 rings (SSSR count). The number of aliphatic hydroxyl groups excluding tert-OH is 1. The Morgan fingerprint density at radius 3 is 2.52 bits per heavy atom. The van der Waals surface area contributed by atoms with Crippen molar-refractivity contribution >= 4 is 27.7 Å². The number of hydrogen-bond donors (Lipinski definition) is 3. The van der Waals surface area contributed by atoms with Crippen LogP contribution in [0.5, 0.6) is 0 Å². The monoisotopic (exact) mass is 592 g/mol. The van der Waals surface area contributed by atoms with Gasteiger partial charge >= 0.3 is 6.03 Å². The third-order valence-corrected chi connectivity index (χ3v) is 13.9. The summed E-state index contributed by atoms with van der Waals surface area (Å²) in [6.07, 6.45) is 11.6. The maximum absolute atomic E-state index is 12.5. The highest BCUT2D eigenvalue weighted by Gasteiger charge is 2.62. The zero-order chi connectivity index (χ0) is 28.9. The van der Waals surface area contributed by atoms with Crippen molar-refractivity contribution in [3.05, 3.63) is 29.3 Å². The summed E-state index contributed by atoms with van der Waals surface area (Å²) >= 11 is 5.92. The number of aliphatic hydroxyl groups is 1. The predicted octanol–water partition coefficient (Wildman–Crippen LogP) is 7.01. The average molecular weight is 593 g/mol. The second-order valence-electron chi connectivity index (χ2n) is 14.1. The van der Waals surface area contributed by atoms with Crippen LogP contribution in [-0.4, -0.2) is 32.2 Å². The zero-order valence-electron chi connectivity index (χ0n) is 24.7. The van der Waals surface area contributed by atoms with Gasteiger partial charge in [0.1, 0.15) is 0 Å². The van der Waals surface area contributed by atoms with E-state index in [1.807, 2.05) is 0 Å². The highest BCUT2D eigenvalue weighted by Crippen LogP contribution is 2.69. The number of amides is 2. The molecule has 3 N–H and O–H groups in total. The molecule has 0 heterocycles. The van der Waals surface area contributed by atoms with Crippen LogP contribution in [0, 0.1) is 52.3 Å². The smallest absolute Gasteiger partial charge is 0.328 e. The Labute approximate surface area is 246 Å². The van der Waals surface area contributed by atoms with Gasteiger partial charge in [-0.15, -0.1) is 0 Å². The van der Waals surface area contributed by atoms with Crippen LogP contribution < -0.4 is 10.0 Å². The molecule has 0 radical (unpaired) electrons. The summed E-state index contributed by atoms with van der Waals surface area (Å²) in [6.45, 7) is 10.3. The van der Waals surface area contributed by atoms with E-state index < -0.39 is 16.1 Å². The second-order valence-corrected chi connectivity index (χ2v) is 16.3. The number of fused-ring (bicyclic) bond motifs is 5.